The molecule has 3 N–H and O–H groups in total. The van der Waals surface area contributed by atoms with Crippen LogP contribution in [0.15, 0.2) is 18.3 Å². The summed E-state index contributed by atoms with van der Waals surface area (Å²) < 4.78 is 2.11. The van der Waals surface area contributed by atoms with E-state index in [1.165, 1.54) is 32.1 Å². The predicted octanol–water partition coefficient (Wildman–Crippen LogP) is 1.68. The van der Waals surface area contributed by atoms with Gasteiger partial charge in [-0.1, -0.05) is 0 Å². The lowest BCUT2D eigenvalue weighted by atomic mass is 9.93. The van der Waals surface area contributed by atoms with Gasteiger partial charge in [-0.3, -0.25) is 4.79 Å². The van der Waals surface area contributed by atoms with Gasteiger partial charge < -0.3 is 15.6 Å². The van der Waals surface area contributed by atoms with Crippen LogP contribution in [0.3, 0.4) is 0 Å². The van der Waals surface area contributed by atoms with E-state index in [4.69, 9.17) is 5.73 Å². The van der Waals surface area contributed by atoms with Crippen molar-refractivity contribution < 1.29 is 4.79 Å². The van der Waals surface area contributed by atoms with Crippen molar-refractivity contribution in [3.63, 3.8) is 0 Å². The zero-order chi connectivity index (χ0) is 12.5. The molecule has 0 spiro atoms. The summed E-state index contributed by atoms with van der Waals surface area (Å²) in [4.78, 5) is 12.1. The fourth-order valence-electron chi connectivity index (χ4n) is 2.56. The number of rotatable bonds is 5. The van der Waals surface area contributed by atoms with Gasteiger partial charge in [-0.2, -0.15) is 0 Å². The third-order valence-corrected chi connectivity index (χ3v) is 4.21. The molecule has 4 heteroatoms. The summed E-state index contributed by atoms with van der Waals surface area (Å²) in [7, 11) is 0. The fourth-order valence-corrected chi connectivity index (χ4v) is 2.56. The molecule has 2 fully saturated rings. The Bertz CT molecular complexity index is 432. The third kappa shape index (κ3) is 2.29. The molecule has 0 bridgehead atoms. The van der Waals surface area contributed by atoms with Gasteiger partial charge in [0.2, 0.25) is 0 Å². The maximum atomic E-state index is 12.1. The number of aromatic nitrogens is 1. The Balaban J connectivity index is 1.59. The highest BCUT2D eigenvalue weighted by Crippen LogP contribution is 2.33. The van der Waals surface area contributed by atoms with Gasteiger partial charge in [0.05, 0.1) is 0 Å². The Morgan fingerprint density at radius 3 is 2.83 bits per heavy atom. The Morgan fingerprint density at radius 1 is 1.44 bits per heavy atom. The van der Waals surface area contributed by atoms with Crippen molar-refractivity contribution in [3.8, 4) is 0 Å². The average molecular weight is 247 g/mol. The first kappa shape index (κ1) is 11.8. The number of hydrogen-bond acceptors (Lipinski definition) is 2. The Hall–Kier alpha value is -1.29. The standard InChI is InChI=1S/C14H21N3O/c15-12(10-6-7-10)9-16-14(18)13-5-2-8-17(13)11-3-1-4-11/h2,5,8,10-12H,1,3-4,6-7,9,15H2,(H,16,18). The molecule has 3 rings (SSSR count). The molecule has 0 aromatic carbocycles. The zero-order valence-electron chi connectivity index (χ0n) is 10.6. The Kier molecular flexibility index (Phi) is 3.12. The first-order valence-corrected chi connectivity index (χ1v) is 6.96. The number of carbonyl (C=O) groups excluding carboxylic acids is 1. The molecular weight excluding hydrogens is 226 g/mol. The zero-order valence-corrected chi connectivity index (χ0v) is 10.6. The van der Waals surface area contributed by atoms with Crippen LogP contribution in [0.2, 0.25) is 0 Å². The second-order valence-electron chi connectivity index (χ2n) is 5.60. The number of hydrogen-bond donors (Lipinski definition) is 2. The number of nitrogens with two attached hydrogens (primary N) is 1. The Morgan fingerprint density at radius 2 is 2.22 bits per heavy atom. The van der Waals surface area contributed by atoms with Gasteiger partial charge in [0.1, 0.15) is 5.69 Å². The lowest BCUT2D eigenvalue weighted by Crippen LogP contribution is -2.39. The molecule has 1 unspecified atom stereocenters. The molecule has 18 heavy (non-hydrogen) atoms. The second-order valence-corrected chi connectivity index (χ2v) is 5.60. The predicted molar refractivity (Wildman–Crippen MR) is 70.4 cm³/mol. The number of nitrogens with one attached hydrogen (secondary N) is 1. The average Bonchev–Trinajstić information content (AvgIpc) is 3.04. The number of amides is 1. The Labute approximate surface area is 108 Å². The lowest BCUT2D eigenvalue weighted by molar-refractivity contribution is 0.0935. The first-order chi connectivity index (χ1) is 8.75. The van der Waals surface area contributed by atoms with Crippen LogP contribution in [0, 0.1) is 5.92 Å². The van der Waals surface area contributed by atoms with Crippen molar-refractivity contribution in [2.24, 2.45) is 11.7 Å². The van der Waals surface area contributed by atoms with E-state index in [1.807, 2.05) is 18.3 Å². The van der Waals surface area contributed by atoms with Crippen molar-refractivity contribution in [1.29, 1.82) is 0 Å². The maximum absolute atomic E-state index is 12.1. The minimum Gasteiger partial charge on any atom is -0.349 e. The molecule has 2 aliphatic rings. The monoisotopic (exact) mass is 247 g/mol. The van der Waals surface area contributed by atoms with Crippen molar-refractivity contribution in [3.05, 3.63) is 24.0 Å². The van der Waals surface area contributed by atoms with Crippen LogP contribution in [0.25, 0.3) is 0 Å². The van der Waals surface area contributed by atoms with Crippen LogP contribution >= 0.6 is 0 Å². The summed E-state index contributed by atoms with van der Waals surface area (Å²) >= 11 is 0. The molecule has 2 aliphatic carbocycles. The molecule has 1 aromatic heterocycles. The van der Waals surface area contributed by atoms with Crippen LogP contribution in [-0.2, 0) is 0 Å². The molecular formula is C14H21N3O. The van der Waals surface area contributed by atoms with E-state index in [2.05, 4.69) is 9.88 Å². The normalized spacial score (nSPS) is 21.4. The van der Waals surface area contributed by atoms with Crippen molar-refractivity contribution in [1.82, 2.24) is 9.88 Å². The van der Waals surface area contributed by atoms with E-state index in [-0.39, 0.29) is 11.9 Å². The summed E-state index contributed by atoms with van der Waals surface area (Å²) in [6.07, 6.45) is 8.11. The molecule has 98 valence electrons. The maximum Gasteiger partial charge on any atom is 0.267 e. The molecule has 1 heterocycles. The summed E-state index contributed by atoms with van der Waals surface area (Å²) in [5, 5.41) is 2.96. The van der Waals surface area contributed by atoms with E-state index in [9.17, 15) is 4.79 Å². The molecule has 0 saturated heterocycles. The van der Waals surface area contributed by atoms with E-state index < -0.39 is 0 Å². The van der Waals surface area contributed by atoms with Gasteiger partial charge in [-0.15, -0.1) is 0 Å². The SMILES string of the molecule is NC(CNC(=O)c1cccn1C1CCC1)C1CC1. The molecule has 1 aromatic rings. The fraction of sp³-hybridized carbons (Fsp3) is 0.643. The lowest BCUT2D eigenvalue weighted by Gasteiger charge is -2.28. The third-order valence-electron chi connectivity index (χ3n) is 4.21. The highest BCUT2D eigenvalue weighted by Gasteiger charge is 2.29. The smallest absolute Gasteiger partial charge is 0.267 e. The first-order valence-electron chi connectivity index (χ1n) is 6.96. The summed E-state index contributed by atoms with van der Waals surface area (Å²) in [5.74, 6) is 0.645. The molecule has 1 amide bonds. The van der Waals surface area contributed by atoms with Crippen LogP contribution in [0.1, 0.15) is 48.6 Å². The van der Waals surface area contributed by atoms with Gasteiger partial charge >= 0.3 is 0 Å². The number of nitrogens with zero attached hydrogens (tertiary/aromatic N) is 1. The summed E-state index contributed by atoms with van der Waals surface area (Å²) in [6, 6.07) is 4.50. The minimum absolute atomic E-state index is 0.0167. The van der Waals surface area contributed by atoms with Gasteiger partial charge in [-0.25, -0.2) is 0 Å². The topological polar surface area (TPSA) is 60.0 Å². The minimum atomic E-state index is 0.0167. The van der Waals surface area contributed by atoms with E-state index >= 15 is 0 Å². The van der Waals surface area contributed by atoms with E-state index in [0.29, 0.717) is 18.5 Å². The van der Waals surface area contributed by atoms with Gasteiger partial charge in [0.15, 0.2) is 0 Å². The van der Waals surface area contributed by atoms with Crippen LogP contribution < -0.4 is 11.1 Å². The van der Waals surface area contributed by atoms with E-state index in [0.717, 1.165) is 5.69 Å². The summed E-state index contributed by atoms with van der Waals surface area (Å²) in [6.45, 7) is 0.597. The van der Waals surface area contributed by atoms with Crippen LogP contribution in [0.5, 0.6) is 0 Å². The molecule has 2 saturated carbocycles. The van der Waals surface area contributed by atoms with Crippen LogP contribution in [0.4, 0.5) is 0 Å². The van der Waals surface area contributed by atoms with Crippen molar-refractivity contribution in [2.75, 3.05) is 6.54 Å². The highest BCUT2D eigenvalue weighted by atomic mass is 16.1. The van der Waals surface area contributed by atoms with Crippen molar-refractivity contribution in [2.45, 2.75) is 44.2 Å². The van der Waals surface area contributed by atoms with Gasteiger partial charge in [0, 0.05) is 24.8 Å². The van der Waals surface area contributed by atoms with Crippen LogP contribution in [-0.4, -0.2) is 23.1 Å². The summed E-state index contributed by atoms with van der Waals surface area (Å²) in [5.41, 5.74) is 6.77. The molecule has 1 atom stereocenters. The highest BCUT2D eigenvalue weighted by molar-refractivity contribution is 5.92. The second kappa shape index (κ2) is 4.76. The molecule has 0 aliphatic heterocycles. The van der Waals surface area contributed by atoms with E-state index in [1.54, 1.807) is 0 Å². The molecule has 0 radical (unpaired) electrons. The van der Waals surface area contributed by atoms with Gasteiger partial charge in [0.25, 0.3) is 5.91 Å². The van der Waals surface area contributed by atoms with Crippen molar-refractivity contribution >= 4 is 5.91 Å². The largest absolute Gasteiger partial charge is 0.349 e. The quantitative estimate of drug-likeness (QED) is 0.831. The number of carbonyl (C=O) groups is 1. The van der Waals surface area contributed by atoms with Gasteiger partial charge in [-0.05, 0) is 50.2 Å². The molecule has 4 nitrogen and oxygen atoms in total.